The third-order valence-corrected chi connectivity index (χ3v) is 4.02. The first kappa shape index (κ1) is 14.3. The fourth-order valence-electron chi connectivity index (χ4n) is 1.20. The van der Waals surface area contributed by atoms with Crippen molar-refractivity contribution in [2.45, 2.75) is 13.3 Å². The smallest absolute Gasteiger partial charge is 0.0653 e. The summed E-state index contributed by atoms with van der Waals surface area (Å²) in [5.41, 5.74) is 0.845. The molecule has 1 aromatic rings. The first-order valence-corrected chi connectivity index (χ1v) is 7.40. The molecule has 16 heavy (non-hydrogen) atoms. The highest BCUT2D eigenvalue weighted by molar-refractivity contribution is 7.99. The van der Waals surface area contributed by atoms with Gasteiger partial charge in [-0.2, -0.15) is 11.8 Å². The van der Waals surface area contributed by atoms with Gasteiger partial charge in [0.05, 0.1) is 20.8 Å². The van der Waals surface area contributed by atoms with Crippen LogP contribution < -0.4 is 5.32 Å². The molecule has 0 aliphatic carbocycles. The van der Waals surface area contributed by atoms with Crippen molar-refractivity contribution in [1.82, 2.24) is 0 Å². The lowest BCUT2D eigenvalue weighted by Crippen LogP contribution is -2.03. The van der Waals surface area contributed by atoms with Gasteiger partial charge in [0.1, 0.15) is 0 Å². The molecule has 0 heterocycles. The van der Waals surface area contributed by atoms with Crippen LogP contribution in [-0.2, 0) is 0 Å². The molecular weight excluding hydrogens is 285 g/mol. The van der Waals surface area contributed by atoms with Gasteiger partial charge in [-0.15, -0.1) is 0 Å². The summed E-state index contributed by atoms with van der Waals surface area (Å²) in [6.45, 7) is 3.05. The van der Waals surface area contributed by atoms with Crippen LogP contribution in [0.15, 0.2) is 12.1 Å². The maximum atomic E-state index is 6.03. The van der Waals surface area contributed by atoms with Crippen molar-refractivity contribution in [2.75, 3.05) is 23.4 Å². The van der Waals surface area contributed by atoms with Gasteiger partial charge in [0, 0.05) is 6.54 Å². The number of rotatable bonds is 6. The molecule has 0 spiro atoms. The lowest BCUT2D eigenvalue weighted by Gasteiger charge is -2.09. The van der Waals surface area contributed by atoms with Crippen molar-refractivity contribution < 1.29 is 0 Å². The molecule has 1 aromatic carbocycles. The van der Waals surface area contributed by atoms with E-state index in [1.807, 2.05) is 11.8 Å². The molecule has 1 N–H and O–H groups in total. The molecule has 1 rings (SSSR count). The summed E-state index contributed by atoms with van der Waals surface area (Å²) in [5, 5.41) is 4.87. The van der Waals surface area contributed by atoms with Crippen LogP contribution in [0.25, 0.3) is 0 Å². The van der Waals surface area contributed by atoms with E-state index in [0.29, 0.717) is 15.1 Å². The van der Waals surface area contributed by atoms with Crippen LogP contribution in [0.2, 0.25) is 15.1 Å². The number of nitrogens with one attached hydrogen (secondary N) is 1. The van der Waals surface area contributed by atoms with Gasteiger partial charge in [-0.1, -0.05) is 41.7 Å². The van der Waals surface area contributed by atoms with E-state index in [4.69, 9.17) is 34.8 Å². The van der Waals surface area contributed by atoms with E-state index in [1.165, 1.54) is 0 Å². The van der Waals surface area contributed by atoms with Crippen LogP contribution in [0.4, 0.5) is 5.69 Å². The second-order valence-electron chi connectivity index (χ2n) is 3.22. The normalized spacial score (nSPS) is 10.5. The summed E-state index contributed by atoms with van der Waals surface area (Å²) in [6, 6.07) is 3.42. The monoisotopic (exact) mass is 297 g/mol. The average Bonchev–Trinajstić information content (AvgIpc) is 2.25. The Balaban J connectivity index is 2.45. The third-order valence-electron chi connectivity index (χ3n) is 1.99. The molecule has 0 aliphatic heterocycles. The second kappa shape index (κ2) is 7.54. The van der Waals surface area contributed by atoms with Gasteiger partial charge < -0.3 is 5.32 Å². The number of hydrogen-bond donors (Lipinski definition) is 1. The predicted molar refractivity (Wildman–Crippen MR) is 77.6 cm³/mol. The lowest BCUT2D eigenvalue weighted by atomic mass is 10.3. The van der Waals surface area contributed by atoms with E-state index in [-0.39, 0.29) is 0 Å². The Morgan fingerprint density at radius 1 is 1.12 bits per heavy atom. The highest BCUT2D eigenvalue weighted by atomic mass is 35.5. The first-order valence-electron chi connectivity index (χ1n) is 5.11. The van der Waals surface area contributed by atoms with E-state index >= 15 is 0 Å². The van der Waals surface area contributed by atoms with Crippen molar-refractivity contribution in [3.63, 3.8) is 0 Å². The van der Waals surface area contributed by atoms with Crippen LogP contribution in [0.3, 0.4) is 0 Å². The summed E-state index contributed by atoms with van der Waals surface area (Å²) < 4.78 is 0. The van der Waals surface area contributed by atoms with Gasteiger partial charge >= 0.3 is 0 Å². The second-order valence-corrected chi connectivity index (χ2v) is 5.84. The Bertz CT molecular complexity index is 344. The molecule has 90 valence electrons. The molecular formula is C11H14Cl3NS. The van der Waals surface area contributed by atoms with Crippen LogP contribution >= 0.6 is 46.6 Å². The number of hydrogen-bond acceptors (Lipinski definition) is 2. The van der Waals surface area contributed by atoms with Crippen molar-refractivity contribution in [3.05, 3.63) is 27.2 Å². The topological polar surface area (TPSA) is 12.0 Å². The van der Waals surface area contributed by atoms with Gasteiger partial charge in [-0.05, 0) is 30.1 Å². The quantitative estimate of drug-likeness (QED) is 0.572. The minimum absolute atomic E-state index is 0.485. The lowest BCUT2D eigenvalue weighted by molar-refractivity contribution is 0.992. The Labute approximate surface area is 116 Å². The fraction of sp³-hybridized carbons (Fsp3) is 0.455. The fourth-order valence-corrected chi connectivity index (χ4v) is 2.45. The molecule has 0 bridgehead atoms. The SMILES string of the molecule is CCSCCCNc1cc(Cl)c(Cl)cc1Cl. The Hall–Kier alpha value is 0.240. The van der Waals surface area contributed by atoms with Crippen LogP contribution in [0.5, 0.6) is 0 Å². The average molecular weight is 299 g/mol. The summed E-state index contributed by atoms with van der Waals surface area (Å²) in [6.07, 6.45) is 1.11. The molecule has 0 fully saturated rings. The zero-order chi connectivity index (χ0) is 12.0. The zero-order valence-electron chi connectivity index (χ0n) is 9.03. The van der Waals surface area contributed by atoms with Crippen LogP contribution in [0.1, 0.15) is 13.3 Å². The molecule has 0 aliphatic rings. The summed E-state index contributed by atoms with van der Waals surface area (Å²) in [7, 11) is 0. The van der Waals surface area contributed by atoms with Crippen LogP contribution in [0, 0.1) is 0 Å². The van der Waals surface area contributed by atoms with E-state index in [2.05, 4.69) is 12.2 Å². The van der Waals surface area contributed by atoms with Crippen molar-refractivity contribution >= 4 is 52.3 Å². The van der Waals surface area contributed by atoms with E-state index in [0.717, 1.165) is 30.2 Å². The minimum Gasteiger partial charge on any atom is -0.384 e. The molecule has 0 aromatic heterocycles. The number of anilines is 1. The number of benzene rings is 1. The van der Waals surface area contributed by atoms with E-state index < -0.39 is 0 Å². The standard InChI is InChI=1S/C11H14Cl3NS/c1-2-16-5-3-4-15-11-7-9(13)8(12)6-10(11)14/h6-7,15H,2-5H2,1H3. The first-order chi connectivity index (χ1) is 7.65. The molecule has 0 saturated heterocycles. The van der Waals surface area contributed by atoms with Gasteiger partial charge in [-0.3, -0.25) is 0 Å². The molecule has 0 amide bonds. The summed E-state index contributed by atoms with van der Waals surface area (Å²) >= 11 is 19.7. The van der Waals surface area contributed by atoms with Gasteiger partial charge in [-0.25, -0.2) is 0 Å². The van der Waals surface area contributed by atoms with Gasteiger partial charge in [0.25, 0.3) is 0 Å². The number of halogens is 3. The maximum absolute atomic E-state index is 6.03. The molecule has 0 radical (unpaired) electrons. The molecule has 5 heteroatoms. The Morgan fingerprint density at radius 2 is 1.81 bits per heavy atom. The summed E-state index contributed by atoms with van der Waals surface area (Å²) in [5.74, 6) is 2.32. The Kier molecular flexibility index (Phi) is 6.74. The number of thioether (sulfide) groups is 1. The highest BCUT2D eigenvalue weighted by Gasteiger charge is 2.04. The highest BCUT2D eigenvalue weighted by Crippen LogP contribution is 2.32. The minimum atomic E-state index is 0.485. The molecule has 0 unspecified atom stereocenters. The van der Waals surface area contributed by atoms with Gasteiger partial charge in [0.2, 0.25) is 0 Å². The zero-order valence-corrected chi connectivity index (χ0v) is 12.1. The third kappa shape index (κ3) is 4.62. The van der Waals surface area contributed by atoms with E-state index in [1.54, 1.807) is 12.1 Å². The van der Waals surface area contributed by atoms with Crippen molar-refractivity contribution in [2.24, 2.45) is 0 Å². The molecule has 1 nitrogen and oxygen atoms in total. The van der Waals surface area contributed by atoms with Crippen molar-refractivity contribution in [1.29, 1.82) is 0 Å². The Morgan fingerprint density at radius 3 is 2.50 bits per heavy atom. The van der Waals surface area contributed by atoms with Crippen LogP contribution in [-0.4, -0.2) is 18.1 Å². The largest absolute Gasteiger partial charge is 0.384 e. The van der Waals surface area contributed by atoms with E-state index in [9.17, 15) is 0 Å². The molecule has 0 atom stereocenters. The predicted octanol–water partition coefficient (Wildman–Crippen LogP) is 5.20. The summed E-state index contributed by atoms with van der Waals surface area (Å²) in [4.78, 5) is 0. The van der Waals surface area contributed by atoms with Gasteiger partial charge in [0.15, 0.2) is 0 Å². The maximum Gasteiger partial charge on any atom is 0.0653 e. The van der Waals surface area contributed by atoms with Crippen molar-refractivity contribution in [3.8, 4) is 0 Å². The molecule has 0 saturated carbocycles.